The number of fused-ring (bicyclic) bond motifs is 2. The van der Waals surface area contributed by atoms with Crippen LogP contribution in [0.5, 0.6) is 0 Å². The zero-order chi connectivity index (χ0) is 27.1. The highest BCUT2D eigenvalue weighted by atomic mass is 16.6. The molecule has 0 aromatic rings. The molecule has 2 saturated heterocycles. The Labute approximate surface area is 226 Å². The maximum absolute atomic E-state index is 14.6. The zero-order valence-electron chi connectivity index (χ0n) is 23.1. The topological polar surface area (TPSA) is 96.4 Å². The summed E-state index contributed by atoms with van der Waals surface area (Å²) in [6.07, 6.45) is 16.1. The van der Waals surface area contributed by atoms with Crippen LogP contribution in [0.1, 0.15) is 78.6 Å². The second-order valence-corrected chi connectivity index (χ2v) is 12.1. The van der Waals surface area contributed by atoms with Crippen LogP contribution in [0.2, 0.25) is 0 Å². The van der Waals surface area contributed by atoms with E-state index in [1.807, 2.05) is 43.9 Å². The lowest BCUT2D eigenvalue weighted by Gasteiger charge is -2.43. The van der Waals surface area contributed by atoms with Crippen LogP contribution in [0.25, 0.3) is 0 Å². The summed E-state index contributed by atoms with van der Waals surface area (Å²) in [7, 11) is 0. The largest absolute Gasteiger partial charge is 0.465 e. The molecule has 1 aliphatic carbocycles. The number of carbonyl (C=O) groups is 3. The van der Waals surface area contributed by atoms with E-state index >= 15 is 0 Å². The average molecular weight is 529 g/mol. The van der Waals surface area contributed by atoms with Gasteiger partial charge in [-0.2, -0.15) is 0 Å². The number of nitrogens with zero attached hydrogens (tertiary/aromatic N) is 2. The van der Waals surface area contributed by atoms with Gasteiger partial charge in [0.15, 0.2) is 0 Å². The first-order valence-corrected chi connectivity index (χ1v) is 14.8. The van der Waals surface area contributed by atoms with Crippen molar-refractivity contribution in [1.29, 1.82) is 0 Å². The standard InChI is InChI=1S/C30H44N2O6/c1-4-29-15-10-5-6-11-18-37-28(36)24(29)23-26(34)32(22(19-33)20(2)3)25-27(35)31(21-13-8-7-9-14-21)17-12-16-30(23,25)38-29/h10,12,15-16,20-25,33H,4-9,11,13-14,17-19H2,1-3H3/b15-10-/t22-,23-,24-,25?,29+,30-/m0/s1. The predicted molar refractivity (Wildman–Crippen MR) is 142 cm³/mol. The van der Waals surface area contributed by atoms with Crippen molar-refractivity contribution in [2.45, 2.75) is 108 Å². The summed E-state index contributed by atoms with van der Waals surface area (Å²) in [6, 6.07) is -1.39. The minimum absolute atomic E-state index is 0.0881. The second-order valence-electron chi connectivity index (χ2n) is 12.1. The van der Waals surface area contributed by atoms with Crippen molar-refractivity contribution in [3.8, 4) is 0 Å². The highest BCUT2D eigenvalue weighted by Gasteiger charge is 2.76. The van der Waals surface area contributed by atoms with Gasteiger partial charge in [0.05, 0.1) is 25.2 Å². The summed E-state index contributed by atoms with van der Waals surface area (Å²) in [5.41, 5.74) is -2.35. The third kappa shape index (κ3) is 4.23. The number of esters is 1. The first-order chi connectivity index (χ1) is 18.3. The van der Waals surface area contributed by atoms with Gasteiger partial charge in [0.1, 0.15) is 23.2 Å². The number of aliphatic hydroxyl groups excluding tert-OH is 1. The van der Waals surface area contributed by atoms with Crippen molar-refractivity contribution in [3.63, 3.8) is 0 Å². The van der Waals surface area contributed by atoms with Gasteiger partial charge in [-0.1, -0.05) is 64.3 Å². The number of likely N-dealkylation sites (tertiary alicyclic amines) is 1. The number of carbonyl (C=O) groups excluding carboxylic acids is 3. The van der Waals surface area contributed by atoms with Crippen molar-refractivity contribution < 1.29 is 29.0 Å². The molecule has 8 heteroatoms. The summed E-state index contributed by atoms with van der Waals surface area (Å²) in [5, 5.41) is 10.4. The van der Waals surface area contributed by atoms with E-state index in [1.54, 1.807) is 4.90 Å². The van der Waals surface area contributed by atoms with Gasteiger partial charge in [-0.15, -0.1) is 0 Å². The summed E-state index contributed by atoms with van der Waals surface area (Å²) >= 11 is 0. The average Bonchev–Trinajstić information content (AvgIpc) is 3.26. The fourth-order valence-corrected chi connectivity index (χ4v) is 7.69. The van der Waals surface area contributed by atoms with E-state index in [1.165, 1.54) is 6.42 Å². The molecule has 0 radical (unpaired) electrons. The third-order valence-electron chi connectivity index (χ3n) is 9.68. The monoisotopic (exact) mass is 528 g/mol. The van der Waals surface area contributed by atoms with Crippen molar-refractivity contribution in [2.24, 2.45) is 17.8 Å². The van der Waals surface area contributed by atoms with Gasteiger partial charge in [-0.3, -0.25) is 14.4 Å². The van der Waals surface area contributed by atoms with E-state index in [4.69, 9.17) is 9.47 Å². The number of cyclic esters (lactones) is 1. The normalized spacial score (nSPS) is 37.9. The lowest BCUT2D eigenvalue weighted by atomic mass is 9.73. The van der Waals surface area contributed by atoms with Crippen LogP contribution in [0.15, 0.2) is 24.3 Å². The number of rotatable bonds is 5. The Morgan fingerprint density at radius 1 is 1.00 bits per heavy atom. The molecular formula is C30H44N2O6. The summed E-state index contributed by atoms with van der Waals surface area (Å²) in [5.74, 6) is -2.73. The molecule has 0 aromatic carbocycles. The number of amides is 2. The van der Waals surface area contributed by atoms with E-state index in [2.05, 4.69) is 6.08 Å². The summed E-state index contributed by atoms with van der Waals surface area (Å²) in [4.78, 5) is 46.3. The minimum Gasteiger partial charge on any atom is -0.465 e. The van der Waals surface area contributed by atoms with Gasteiger partial charge >= 0.3 is 5.97 Å². The fourth-order valence-electron chi connectivity index (χ4n) is 7.69. The first-order valence-electron chi connectivity index (χ1n) is 14.8. The summed E-state index contributed by atoms with van der Waals surface area (Å²) in [6.45, 7) is 6.35. The molecule has 1 saturated carbocycles. The SMILES string of the molecule is CC[C@@]12/C=C\CCCCOC(=O)[C@@H]1[C@H]1C(=O)N([C@@H](CO)C(C)C)C3C(=O)N(C4CCCCC4)CC=C[C@@]31O2. The van der Waals surface area contributed by atoms with Crippen molar-refractivity contribution in [3.05, 3.63) is 24.3 Å². The highest BCUT2D eigenvalue weighted by molar-refractivity contribution is 5.99. The molecule has 5 rings (SSSR count). The predicted octanol–water partition coefficient (Wildman–Crippen LogP) is 3.38. The molecule has 5 aliphatic rings. The van der Waals surface area contributed by atoms with Gasteiger partial charge in [0.25, 0.3) is 0 Å². The maximum atomic E-state index is 14.6. The number of allylic oxidation sites excluding steroid dienone is 1. The Morgan fingerprint density at radius 3 is 2.45 bits per heavy atom. The fraction of sp³-hybridized carbons (Fsp3) is 0.767. The number of hydrogen-bond acceptors (Lipinski definition) is 6. The Bertz CT molecular complexity index is 987. The van der Waals surface area contributed by atoms with E-state index in [0.29, 0.717) is 19.6 Å². The van der Waals surface area contributed by atoms with Crippen LogP contribution >= 0.6 is 0 Å². The van der Waals surface area contributed by atoms with E-state index < -0.39 is 41.1 Å². The van der Waals surface area contributed by atoms with Gasteiger partial charge in [-0.25, -0.2) is 0 Å². The van der Waals surface area contributed by atoms with E-state index in [0.717, 1.165) is 44.9 Å². The smallest absolute Gasteiger partial charge is 0.313 e. The molecule has 1 spiro atoms. The van der Waals surface area contributed by atoms with Crippen LogP contribution < -0.4 is 0 Å². The van der Waals surface area contributed by atoms with Crippen molar-refractivity contribution >= 4 is 17.8 Å². The number of aliphatic hydroxyl groups is 1. The second kappa shape index (κ2) is 10.8. The first kappa shape index (κ1) is 27.4. The molecule has 210 valence electrons. The number of hydrogen-bond donors (Lipinski definition) is 1. The van der Waals surface area contributed by atoms with Crippen LogP contribution in [0.4, 0.5) is 0 Å². The number of ether oxygens (including phenoxy) is 2. The molecule has 2 amide bonds. The Balaban J connectivity index is 1.67. The zero-order valence-corrected chi connectivity index (χ0v) is 23.1. The van der Waals surface area contributed by atoms with E-state index in [9.17, 15) is 19.5 Å². The molecule has 38 heavy (non-hydrogen) atoms. The van der Waals surface area contributed by atoms with Gasteiger partial charge in [-0.05, 0) is 44.4 Å². The Kier molecular flexibility index (Phi) is 7.75. The maximum Gasteiger partial charge on any atom is 0.313 e. The van der Waals surface area contributed by atoms with Crippen molar-refractivity contribution in [2.75, 3.05) is 19.8 Å². The Morgan fingerprint density at radius 2 is 1.76 bits per heavy atom. The van der Waals surface area contributed by atoms with Crippen LogP contribution in [-0.4, -0.2) is 81.8 Å². The lowest BCUT2D eigenvalue weighted by molar-refractivity contribution is -0.164. The van der Waals surface area contributed by atoms with Gasteiger partial charge in [0, 0.05) is 12.6 Å². The molecule has 4 aliphatic heterocycles. The molecule has 3 fully saturated rings. The summed E-state index contributed by atoms with van der Waals surface area (Å²) < 4.78 is 12.8. The van der Waals surface area contributed by atoms with Gasteiger partial charge in [0.2, 0.25) is 11.8 Å². The molecule has 0 aromatic heterocycles. The van der Waals surface area contributed by atoms with Crippen LogP contribution in [-0.2, 0) is 23.9 Å². The third-order valence-corrected chi connectivity index (χ3v) is 9.68. The molecular weight excluding hydrogens is 484 g/mol. The van der Waals surface area contributed by atoms with Crippen LogP contribution in [0, 0.1) is 17.8 Å². The molecule has 4 heterocycles. The lowest BCUT2D eigenvalue weighted by Crippen LogP contribution is -2.61. The molecule has 0 bridgehead atoms. The quantitative estimate of drug-likeness (QED) is 0.434. The Hall–Kier alpha value is -2.19. The van der Waals surface area contributed by atoms with E-state index in [-0.39, 0.29) is 30.4 Å². The van der Waals surface area contributed by atoms with Crippen LogP contribution in [0.3, 0.4) is 0 Å². The minimum atomic E-state index is -1.31. The molecule has 8 nitrogen and oxygen atoms in total. The molecule has 1 N–H and O–H groups in total. The molecule has 1 unspecified atom stereocenters. The highest BCUT2D eigenvalue weighted by Crippen LogP contribution is 2.59. The molecule has 6 atom stereocenters. The van der Waals surface area contributed by atoms with Gasteiger partial charge < -0.3 is 24.4 Å². The van der Waals surface area contributed by atoms with Crippen molar-refractivity contribution in [1.82, 2.24) is 9.80 Å².